The highest BCUT2D eigenvalue weighted by molar-refractivity contribution is 7.85. The van der Waals surface area contributed by atoms with Crippen LogP contribution in [0.25, 0.3) is 0 Å². The summed E-state index contributed by atoms with van der Waals surface area (Å²) in [5, 5.41) is 0. The number of ketones is 1. The van der Waals surface area contributed by atoms with Crippen LogP contribution >= 0.6 is 0 Å². The summed E-state index contributed by atoms with van der Waals surface area (Å²) in [6.07, 6.45) is 1.53. The molecule has 70 valence electrons. The Hall–Kier alpha value is -0.960. The van der Waals surface area contributed by atoms with Crippen LogP contribution in [0.3, 0.4) is 0 Å². The SMILES string of the molecule is Cc1ccc(C(=O)CS(C)=O)cc1. The standard InChI is InChI=1S/C10H12O2S/c1-8-3-5-9(6-4-8)10(11)7-13(2)12/h3-6H,7H2,1-2H3. The van der Waals surface area contributed by atoms with Crippen molar-refractivity contribution in [1.82, 2.24) is 0 Å². The van der Waals surface area contributed by atoms with E-state index in [1.165, 1.54) is 6.26 Å². The van der Waals surface area contributed by atoms with Crippen molar-refractivity contribution in [3.63, 3.8) is 0 Å². The van der Waals surface area contributed by atoms with Crippen molar-refractivity contribution in [3.05, 3.63) is 35.4 Å². The molecule has 1 unspecified atom stereocenters. The molecule has 1 aromatic rings. The molecular weight excluding hydrogens is 184 g/mol. The number of Topliss-reactive ketones (excluding diaryl/α,β-unsaturated/α-hetero) is 1. The molecule has 0 N–H and O–H groups in total. The number of hydrogen-bond donors (Lipinski definition) is 0. The summed E-state index contributed by atoms with van der Waals surface area (Å²) in [5.74, 6) is 0.0594. The molecule has 2 nitrogen and oxygen atoms in total. The minimum absolute atomic E-state index is 0.0548. The van der Waals surface area contributed by atoms with Crippen LogP contribution in [-0.2, 0) is 10.8 Å². The van der Waals surface area contributed by atoms with Gasteiger partial charge in [-0.3, -0.25) is 9.00 Å². The van der Waals surface area contributed by atoms with Gasteiger partial charge in [-0.15, -0.1) is 0 Å². The van der Waals surface area contributed by atoms with Gasteiger partial charge in [-0.25, -0.2) is 0 Å². The van der Waals surface area contributed by atoms with Crippen LogP contribution in [0.15, 0.2) is 24.3 Å². The first-order valence-electron chi connectivity index (χ1n) is 3.99. The zero-order valence-corrected chi connectivity index (χ0v) is 8.56. The molecule has 13 heavy (non-hydrogen) atoms. The highest BCUT2D eigenvalue weighted by atomic mass is 32.2. The lowest BCUT2D eigenvalue weighted by Gasteiger charge is -1.98. The summed E-state index contributed by atoms with van der Waals surface area (Å²) >= 11 is 0. The number of aryl methyl sites for hydroxylation is 1. The molecule has 0 saturated heterocycles. The smallest absolute Gasteiger partial charge is 0.175 e. The fraction of sp³-hybridized carbons (Fsp3) is 0.300. The third-order valence-electron chi connectivity index (χ3n) is 1.71. The van der Waals surface area contributed by atoms with Crippen LogP contribution in [-0.4, -0.2) is 22.0 Å². The minimum Gasteiger partial charge on any atom is -0.293 e. The Balaban J connectivity index is 2.78. The third-order valence-corrected chi connectivity index (χ3v) is 2.38. The lowest BCUT2D eigenvalue weighted by Crippen LogP contribution is -2.09. The first-order chi connectivity index (χ1) is 6.09. The van der Waals surface area contributed by atoms with E-state index in [2.05, 4.69) is 0 Å². The Bertz CT molecular complexity index is 327. The second-order valence-corrected chi connectivity index (χ2v) is 4.44. The molecule has 0 fully saturated rings. The lowest BCUT2D eigenvalue weighted by atomic mass is 10.1. The quantitative estimate of drug-likeness (QED) is 0.687. The van der Waals surface area contributed by atoms with Crippen molar-refractivity contribution in [2.24, 2.45) is 0 Å². The van der Waals surface area contributed by atoms with E-state index in [1.807, 2.05) is 19.1 Å². The van der Waals surface area contributed by atoms with Crippen molar-refractivity contribution in [1.29, 1.82) is 0 Å². The number of carbonyl (C=O) groups is 1. The van der Waals surface area contributed by atoms with E-state index < -0.39 is 10.8 Å². The number of hydrogen-bond acceptors (Lipinski definition) is 2. The van der Waals surface area contributed by atoms with Gasteiger partial charge < -0.3 is 0 Å². The molecule has 0 saturated carbocycles. The van der Waals surface area contributed by atoms with Crippen LogP contribution in [0.5, 0.6) is 0 Å². The molecule has 0 heterocycles. The van der Waals surface area contributed by atoms with Crippen molar-refractivity contribution in [2.75, 3.05) is 12.0 Å². The number of rotatable bonds is 3. The van der Waals surface area contributed by atoms with E-state index in [4.69, 9.17) is 0 Å². The van der Waals surface area contributed by atoms with Crippen LogP contribution in [0.4, 0.5) is 0 Å². The molecule has 0 radical (unpaired) electrons. The predicted molar refractivity (Wildman–Crippen MR) is 54.4 cm³/mol. The Labute approximate surface area is 80.4 Å². The summed E-state index contributed by atoms with van der Waals surface area (Å²) in [7, 11) is -1.05. The Kier molecular flexibility index (Phi) is 3.37. The predicted octanol–water partition coefficient (Wildman–Crippen LogP) is 1.56. The van der Waals surface area contributed by atoms with Crippen LogP contribution in [0.1, 0.15) is 15.9 Å². The molecule has 0 bridgehead atoms. The average molecular weight is 196 g/mol. The molecule has 1 rings (SSSR count). The van der Waals surface area contributed by atoms with Gasteiger partial charge in [0, 0.05) is 22.6 Å². The van der Waals surface area contributed by atoms with Crippen molar-refractivity contribution >= 4 is 16.6 Å². The fourth-order valence-corrected chi connectivity index (χ4v) is 1.54. The monoisotopic (exact) mass is 196 g/mol. The van der Waals surface area contributed by atoms with E-state index in [0.717, 1.165) is 5.56 Å². The molecule has 0 aliphatic carbocycles. The molecule has 0 spiro atoms. The van der Waals surface area contributed by atoms with Crippen LogP contribution in [0.2, 0.25) is 0 Å². The summed E-state index contributed by atoms with van der Waals surface area (Å²) in [5.41, 5.74) is 1.76. The zero-order valence-electron chi connectivity index (χ0n) is 7.74. The van der Waals surface area contributed by atoms with E-state index in [1.54, 1.807) is 12.1 Å². The van der Waals surface area contributed by atoms with Crippen LogP contribution < -0.4 is 0 Å². The maximum absolute atomic E-state index is 11.4. The van der Waals surface area contributed by atoms with Gasteiger partial charge in [0.05, 0.1) is 5.75 Å². The molecule has 0 aliphatic heterocycles. The van der Waals surface area contributed by atoms with Gasteiger partial charge >= 0.3 is 0 Å². The molecule has 0 amide bonds. The summed E-state index contributed by atoms with van der Waals surface area (Å²) < 4.78 is 10.8. The first kappa shape index (κ1) is 10.1. The summed E-state index contributed by atoms with van der Waals surface area (Å²) in [6.45, 7) is 1.96. The van der Waals surface area contributed by atoms with Crippen molar-refractivity contribution in [2.45, 2.75) is 6.92 Å². The first-order valence-corrected chi connectivity index (χ1v) is 5.72. The molecule has 3 heteroatoms. The molecule has 0 aromatic heterocycles. The number of carbonyl (C=O) groups excluding carboxylic acids is 1. The normalized spacial score (nSPS) is 12.5. The van der Waals surface area contributed by atoms with E-state index >= 15 is 0 Å². The highest BCUT2D eigenvalue weighted by Crippen LogP contribution is 2.04. The molecular formula is C10H12O2S. The van der Waals surface area contributed by atoms with E-state index in [-0.39, 0.29) is 11.5 Å². The second kappa shape index (κ2) is 4.33. The zero-order chi connectivity index (χ0) is 9.84. The summed E-state index contributed by atoms with van der Waals surface area (Å²) in [4.78, 5) is 11.4. The van der Waals surface area contributed by atoms with Gasteiger partial charge in [-0.2, -0.15) is 0 Å². The second-order valence-electron chi connectivity index (χ2n) is 3.01. The minimum atomic E-state index is -1.05. The fourth-order valence-electron chi connectivity index (χ4n) is 1.01. The topological polar surface area (TPSA) is 34.1 Å². The van der Waals surface area contributed by atoms with Crippen LogP contribution in [0, 0.1) is 6.92 Å². The van der Waals surface area contributed by atoms with E-state index in [9.17, 15) is 9.00 Å². The van der Waals surface area contributed by atoms with E-state index in [0.29, 0.717) is 5.56 Å². The Morgan fingerprint density at radius 1 is 1.31 bits per heavy atom. The number of benzene rings is 1. The maximum atomic E-state index is 11.4. The van der Waals surface area contributed by atoms with Gasteiger partial charge in [0.2, 0.25) is 0 Å². The maximum Gasteiger partial charge on any atom is 0.175 e. The van der Waals surface area contributed by atoms with Gasteiger partial charge in [0.15, 0.2) is 5.78 Å². The lowest BCUT2D eigenvalue weighted by molar-refractivity contribution is 0.102. The Morgan fingerprint density at radius 3 is 2.31 bits per heavy atom. The Morgan fingerprint density at radius 2 is 1.85 bits per heavy atom. The van der Waals surface area contributed by atoms with Gasteiger partial charge in [0.1, 0.15) is 0 Å². The van der Waals surface area contributed by atoms with Crippen molar-refractivity contribution < 1.29 is 9.00 Å². The highest BCUT2D eigenvalue weighted by Gasteiger charge is 2.06. The average Bonchev–Trinajstić information content (AvgIpc) is 2.04. The summed E-state index contributed by atoms with van der Waals surface area (Å²) in [6, 6.07) is 7.30. The largest absolute Gasteiger partial charge is 0.293 e. The van der Waals surface area contributed by atoms with Gasteiger partial charge in [0.25, 0.3) is 0 Å². The van der Waals surface area contributed by atoms with Crippen molar-refractivity contribution in [3.8, 4) is 0 Å². The molecule has 1 aromatic carbocycles. The van der Waals surface area contributed by atoms with Gasteiger partial charge in [-0.1, -0.05) is 29.8 Å². The van der Waals surface area contributed by atoms with Gasteiger partial charge in [-0.05, 0) is 6.92 Å². The molecule has 0 aliphatic rings. The third kappa shape index (κ3) is 3.11. The molecule has 1 atom stereocenters.